The number of urea groups is 1. The van der Waals surface area contributed by atoms with E-state index in [1.165, 1.54) is 0 Å². The topological polar surface area (TPSA) is 100 Å². The quantitative estimate of drug-likeness (QED) is 0.403. The molecule has 1 fully saturated rings. The molecule has 1 aromatic rings. The third-order valence-electron chi connectivity index (χ3n) is 2.80. The Morgan fingerprint density at radius 2 is 2.22 bits per heavy atom. The molecule has 0 spiro atoms. The molecular weight excluding hydrogens is 234 g/mol. The summed E-state index contributed by atoms with van der Waals surface area (Å²) < 4.78 is 0. The van der Waals surface area contributed by atoms with Gasteiger partial charge in [0.1, 0.15) is 11.4 Å². The van der Waals surface area contributed by atoms with Gasteiger partial charge in [0.05, 0.1) is 6.54 Å². The number of amides is 3. The molecule has 0 radical (unpaired) electrons. The van der Waals surface area contributed by atoms with Crippen LogP contribution in [0.4, 0.5) is 10.6 Å². The Morgan fingerprint density at radius 1 is 1.50 bits per heavy atom. The fraction of sp³-hybridized carbons (Fsp3) is 0.364. The van der Waals surface area contributed by atoms with E-state index in [0.29, 0.717) is 11.4 Å². The summed E-state index contributed by atoms with van der Waals surface area (Å²) in [6, 6.07) is 3.07. The molecule has 1 aliphatic rings. The molecule has 0 aromatic carbocycles. The van der Waals surface area contributed by atoms with Crippen LogP contribution >= 0.6 is 0 Å². The lowest BCUT2D eigenvalue weighted by atomic mass is 10.1. The fourth-order valence-corrected chi connectivity index (χ4v) is 1.83. The number of carbonyl (C=O) groups is 2. The lowest BCUT2D eigenvalue weighted by Crippen LogP contribution is -2.40. The Kier molecular flexibility index (Phi) is 2.92. The van der Waals surface area contributed by atoms with Gasteiger partial charge in [-0.2, -0.15) is 0 Å². The average molecular weight is 249 g/mol. The van der Waals surface area contributed by atoms with Crippen molar-refractivity contribution in [2.75, 3.05) is 5.43 Å². The van der Waals surface area contributed by atoms with Gasteiger partial charge >= 0.3 is 6.03 Å². The molecule has 0 unspecified atom stereocenters. The zero-order valence-corrected chi connectivity index (χ0v) is 10.2. The van der Waals surface area contributed by atoms with Crippen LogP contribution in [0, 0.1) is 0 Å². The molecule has 3 amide bonds. The maximum atomic E-state index is 12.0. The lowest BCUT2D eigenvalue weighted by Gasteiger charge is -2.17. The van der Waals surface area contributed by atoms with Gasteiger partial charge in [0.25, 0.3) is 5.91 Å². The van der Waals surface area contributed by atoms with E-state index in [1.54, 1.807) is 32.2 Å². The summed E-state index contributed by atoms with van der Waals surface area (Å²) in [4.78, 5) is 28.9. The van der Waals surface area contributed by atoms with Crippen LogP contribution in [0.5, 0.6) is 0 Å². The third-order valence-corrected chi connectivity index (χ3v) is 2.80. The van der Waals surface area contributed by atoms with Gasteiger partial charge in [-0.15, -0.1) is 0 Å². The van der Waals surface area contributed by atoms with Crippen molar-refractivity contribution in [1.82, 2.24) is 15.2 Å². The van der Waals surface area contributed by atoms with Gasteiger partial charge in [-0.05, 0) is 19.9 Å². The van der Waals surface area contributed by atoms with Crippen molar-refractivity contribution in [1.29, 1.82) is 0 Å². The van der Waals surface area contributed by atoms with E-state index in [2.05, 4.69) is 15.7 Å². The van der Waals surface area contributed by atoms with E-state index in [4.69, 9.17) is 5.84 Å². The van der Waals surface area contributed by atoms with Gasteiger partial charge in [-0.3, -0.25) is 9.69 Å². The molecule has 2 rings (SSSR count). The van der Waals surface area contributed by atoms with Crippen LogP contribution in [0.1, 0.15) is 19.4 Å². The van der Waals surface area contributed by atoms with Crippen LogP contribution in [-0.4, -0.2) is 27.4 Å². The minimum atomic E-state index is -0.865. The number of rotatable bonds is 3. The standard InChI is InChI=1S/C11H15N5O2/c1-11(2)9(17)16(10(18)14-11)6-7-4-3-5-13-8(7)15-12/h3-5H,6,12H2,1-2H3,(H,13,15)(H,14,18). The van der Waals surface area contributed by atoms with Crippen molar-refractivity contribution in [3.63, 3.8) is 0 Å². The zero-order chi connectivity index (χ0) is 13.3. The summed E-state index contributed by atoms with van der Waals surface area (Å²) in [5.41, 5.74) is 2.26. The number of aromatic nitrogens is 1. The third kappa shape index (κ3) is 2.00. The Labute approximate surface area is 104 Å². The number of nitrogens with two attached hydrogens (primary N) is 1. The average Bonchev–Trinajstić information content (AvgIpc) is 2.52. The minimum Gasteiger partial charge on any atom is -0.324 e. The lowest BCUT2D eigenvalue weighted by molar-refractivity contribution is -0.130. The number of carbonyl (C=O) groups excluding carboxylic acids is 2. The van der Waals surface area contributed by atoms with Crippen LogP contribution in [0.15, 0.2) is 18.3 Å². The Bertz CT molecular complexity index is 500. The highest BCUT2D eigenvalue weighted by Gasteiger charge is 2.44. The number of anilines is 1. The summed E-state index contributed by atoms with van der Waals surface area (Å²) in [5.74, 6) is 5.51. The molecule has 4 N–H and O–H groups in total. The van der Waals surface area contributed by atoms with Gasteiger partial charge in [0.15, 0.2) is 0 Å². The summed E-state index contributed by atoms with van der Waals surface area (Å²) in [6.45, 7) is 3.47. The molecular formula is C11H15N5O2. The van der Waals surface area contributed by atoms with Crippen LogP contribution in [-0.2, 0) is 11.3 Å². The predicted molar refractivity (Wildman–Crippen MR) is 65.2 cm³/mol. The number of nitrogen functional groups attached to an aromatic ring is 1. The van der Waals surface area contributed by atoms with Crippen LogP contribution < -0.4 is 16.6 Å². The van der Waals surface area contributed by atoms with Gasteiger partial charge < -0.3 is 10.7 Å². The summed E-state index contributed by atoms with van der Waals surface area (Å²) >= 11 is 0. The highest BCUT2D eigenvalue weighted by atomic mass is 16.2. The second-order valence-corrected chi connectivity index (χ2v) is 4.60. The smallest absolute Gasteiger partial charge is 0.324 e. The number of hydrogen-bond acceptors (Lipinski definition) is 5. The van der Waals surface area contributed by atoms with Crippen LogP contribution in [0.2, 0.25) is 0 Å². The molecule has 0 atom stereocenters. The highest BCUT2D eigenvalue weighted by molar-refractivity contribution is 6.06. The fourth-order valence-electron chi connectivity index (χ4n) is 1.83. The second-order valence-electron chi connectivity index (χ2n) is 4.60. The molecule has 1 saturated heterocycles. The summed E-state index contributed by atoms with van der Waals surface area (Å²) in [6.07, 6.45) is 1.58. The molecule has 1 aromatic heterocycles. The molecule has 96 valence electrons. The zero-order valence-electron chi connectivity index (χ0n) is 10.2. The molecule has 0 saturated carbocycles. The van der Waals surface area contributed by atoms with E-state index in [-0.39, 0.29) is 12.5 Å². The Hall–Kier alpha value is -2.15. The first-order valence-corrected chi connectivity index (χ1v) is 5.50. The second kappa shape index (κ2) is 4.26. The van der Waals surface area contributed by atoms with Gasteiger partial charge in [-0.1, -0.05) is 6.07 Å². The van der Waals surface area contributed by atoms with Crippen molar-refractivity contribution in [3.8, 4) is 0 Å². The van der Waals surface area contributed by atoms with Gasteiger partial charge in [0.2, 0.25) is 0 Å². The number of imide groups is 1. The van der Waals surface area contributed by atoms with Crippen molar-refractivity contribution >= 4 is 17.8 Å². The van der Waals surface area contributed by atoms with Crippen LogP contribution in [0.3, 0.4) is 0 Å². The van der Waals surface area contributed by atoms with Crippen molar-refractivity contribution in [2.45, 2.75) is 25.9 Å². The maximum absolute atomic E-state index is 12.0. The molecule has 1 aliphatic heterocycles. The normalized spacial score (nSPS) is 17.8. The largest absolute Gasteiger partial charge is 0.325 e. The first kappa shape index (κ1) is 12.3. The Morgan fingerprint density at radius 3 is 2.78 bits per heavy atom. The molecule has 18 heavy (non-hydrogen) atoms. The van der Waals surface area contributed by atoms with E-state index in [1.807, 2.05) is 0 Å². The van der Waals surface area contributed by atoms with Crippen molar-refractivity contribution in [3.05, 3.63) is 23.9 Å². The maximum Gasteiger partial charge on any atom is 0.325 e. The predicted octanol–water partition coefficient (Wildman–Crippen LogP) is 0.198. The number of hydrogen-bond donors (Lipinski definition) is 3. The molecule has 7 heteroatoms. The van der Waals surface area contributed by atoms with Gasteiger partial charge in [-0.25, -0.2) is 15.6 Å². The van der Waals surface area contributed by atoms with Crippen LogP contribution in [0.25, 0.3) is 0 Å². The number of pyridine rings is 1. The Balaban J connectivity index is 2.24. The first-order chi connectivity index (χ1) is 8.45. The van der Waals surface area contributed by atoms with E-state index in [9.17, 15) is 9.59 Å². The van der Waals surface area contributed by atoms with E-state index in [0.717, 1.165) is 4.90 Å². The molecule has 0 bridgehead atoms. The van der Waals surface area contributed by atoms with Crippen molar-refractivity contribution < 1.29 is 9.59 Å². The monoisotopic (exact) mass is 249 g/mol. The van der Waals surface area contributed by atoms with Gasteiger partial charge in [0, 0.05) is 11.8 Å². The number of nitrogens with zero attached hydrogens (tertiary/aromatic N) is 2. The summed E-state index contributed by atoms with van der Waals surface area (Å²) in [7, 11) is 0. The highest BCUT2D eigenvalue weighted by Crippen LogP contribution is 2.21. The SMILES string of the molecule is CC1(C)NC(=O)N(Cc2cccnc2NN)C1=O. The molecule has 7 nitrogen and oxygen atoms in total. The first-order valence-electron chi connectivity index (χ1n) is 5.50. The molecule has 0 aliphatic carbocycles. The molecule has 2 heterocycles. The van der Waals surface area contributed by atoms with Crippen molar-refractivity contribution in [2.24, 2.45) is 5.84 Å². The number of nitrogens with one attached hydrogen (secondary N) is 2. The van der Waals surface area contributed by atoms with E-state index >= 15 is 0 Å². The minimum absolute atomic E-state index is 0.140. The summed E-state index contributed by atoms with van der Waals surface area (Å²) in [5, 5.41) is 2.62. The number of hydrazine groups is 1. The van der Waals surface area contributed by atoms with E-state index < -0.39 is 11.6 Å².